The molecule has 1 nitrogen and oxygen atoms in total. The zero-order valence-electron chi connectivity index (χ0n) is 9.19. The van der Waals surface area contributed by atoms with Gasteiger partial charge in [-0.25, -0.2) is 0 Å². The van der Waals surface area contributed by atoms with Crippen LogP contribution in [0.15, 0.2) is 0 Å². The molecular formula is C4BF12NS4. The normalized spacial score (nSPS) is 14.6. The third-order valence-corrected chi connectivity index (χ3v) is 5.14. The largest absolute Gasteiger partial charge is 0.456 e. The van der Waals surface area contributed by atoms with Crippen molar-refractivity contribution in [2.24, 2.45) is 0 Å². The fraction of sp³-hybridized carbons (Fsp3) is 1.00. The molecule has 0 unspecified atom stereocenters. The van der Waals surface area contributed by atoms with Gasteiger partial charge in [0.1, 0.15) is 0 Å². The molecule has 0 saturated carbocycles. The van der Waals surface area contributed by atoms with Crippen LogP contribution < -0.4 is 0 Å². The highest BCUT2D eigenvalue weighted by Crippen LogP contribution is 2.52. The number of halogens is 12. The van der Waals surface area contributed by atoms with E-state index in [9.17, 15) is 52.7 Å². The Morgan fingerprint density at radius 2 is 0.773 bits per heavy atom. The van der Waals surface area contributed by atoms with Gasteiger partial charge in [0, 0.05) is 23.9 Å². The second-order valence-electron chi connectivity index (χ2n) is 2.79. The first-order valence-corrected chi connectivity index (χ1v) is 7.49. The van der Waals surface area contributed by atoms with Crippen LogP contribution in [-0.2, 0) is 0 Å². The van der Waals surface area contributed by atoms with Crippen molar-refractivity contribution >= 4 is 52.5 Å². The Bertz CT molecular complexity index is 281. The van der Waals surface area contributed by atoms with E-state index in [1.165, 1.54) is 0 Å². The molecule has 0 rings (SSSR count). The highest BCUT2D eigenvalue weighted by Gasteiger charge is 2.52. The van der Waals surface area contributed by atoms with E-state index in [1.54, 1.807) is 0 Å². The Hall–Kier alpha value is 0.585. The van der Waals surface area contributed by atoms with Crippen LogP contribution in [0.1, 0.15) is 0 Å². The van der Waals surface area contributed by atoms with Gasteiger partial charge < -0.3 is 0 Å². The minimum Gasteiger partial charge on any atom is -0.196 e. The first kappa shape index (κ1) is 22.6. The fourth-order valence-corrected chi connectivity index (χ4v) is 4.39. The van der Waals surface area contributed by atoms with Crippen molar-refractivity contribution < 1.29 is 52.7 Å². The zero-order valence-corrected chi connectivity index (χ0v) is 12.5. The lowest BCUT2D eigenvalue weighted by atomic mass is 10.4. The highest BCUT2D eigenvalue weighted by molar-refractivity contribution is 8.56. The topological polar surface area (TPSA) is 3.24 Å². The molecule has 0 aromatic heterocycles. The van der Waals surface area contributed by atoms with Gasteiger partial charge in [-0.2, -0.15) is 56.3 Å². The van der Waals surface area contributed by atoms with Crippen molar-refractivity contribution in [1.82, 2.24) is 3.62 Å². The zero-order chi connectivity index (χ0) is 18.0. The maximum absolute atomic E-state index is 12.1. The summed E-state index contributed by atoms with van der Waals surface area (Å²) in [7, 11) is 0. The van der Waals surface area contributed by atoms with Crippen LogP contribution in [0.25, 0.3) is 0 Å². The molecule has 0 aromatic rings. The van der Waals surface area contributed by atoms with Gasteiger partial charge in [0.25, 0.3) is 0 Å². The highest BCUT2D eigenvalue weighted by atomic mass is 32.2. The summed E-state index contributed by atoms with van der Waals surface area (Å²) in [6.45, 7) is 0. The maximum Gasteiger partial charge on any atom is 0.456 e. The quantitative estimate of drug-likeness (QED) is 0.294. The molecule has 22 heavy (non-hydrogen) atoms. The van der Waals surface area contributed by atoms with Crippen molar-refractivity contribution in [3.05, 3.63) is 0 Å². The third kappa shape index (κ3) is 13.1. The lowest BCUT2D eigenvalue weighted by Crippen LogP contribution is -2.34. The molecule has 0 amide bonds. The van der Waals surface area contributed by atoms with Gasteiger partial charge in [0.15, 0.2) is 0 Å². The molecule has 0 aliphatic carbocycles. The van der Waals surface area contributed by atoms with Crippen LogP contribution in [0.3, 0.4) is 0 Å². The molecule has 0 radical (unpaired) electrons. The van der Waals surface area contributed by atoms with Crippen LogP contribution in [0.5, 0.6) is 0 Å². The average molecular weight is 429 g/mol. The summed E-state index contributed by atoms with van der Waals surface area (Å²) in [6, 6.07) is 0. The van der Waals surface area contributed by atoms with E-state index in [0.717, 1.165) is 0 Å². The van der Waals surface area contributed by atoms with Crippen molar-refractivity contribution in [1.29, 1.82) is 0 Å². The molecule has 0 heterocycles. The van der Waals surface area contributed by atoms with Gasteiger partial charge in [0.2, 0.25) is 0 Å². The summed E-state index contributed by atoms with van der Waals surface area (Å²) >= 11 is -6.80. The predicted octanol–water partition coefficient (Wildman–Crippen LogP) is 6.12. The van der Waals surface area contributed by atoms with Crippen LogP contribution in [-0.4, -0.2) is 31.1 Å². The number of hydrogen-bond donors (Lipinski definition) is 0. The summed E-state index contributed by atoms with van der Waals surface area (Å²) in [5.74, 6) is 0. The molecule has 0 aliphatic rings. The Kier molecular flexibility index (Phi) is 7.85. The van der Waals surface area contributed by atoms with Crippen LogP contribution in [0.4, 0.5) is 52.7 Å². The van der Waals surface area contributed by atoms with Crippen LogP contribution in [0, 0.1) is 0 Å². The molecule has 0 fully saturated rings. The number of rotatable bonds is 5. The van der Waals surface area contributed by atoms with E-state index < -0.39 is 78.2 Å². The summed E-state index contributed by atoms with van der Waals surface area (Å²) in [5.41, 5.74) is -22.0. The Morgan fingerprint density at radius 3 is 0.955 bits per heavy atom. The maximum atomic E-state index is 12.1. The van der Waals surface area contributed by atoms with Gasteiger partial charge in [-0.05, 0) is 0 Å². The van der Waals surface area contributed by atoms with Crippen molar-refractivity contribution in [3.63, 3.8) is 0 Å². The number of nitrogens with zero attached hydrogens (tertiary/aromatic N) is 1. The smallest absolute Gasteiger partial charge is 0.196 e. The molecule has 18 heteroatoms. The first-order valence-electron chi connectivity index (χ1n) is 4.18. The van der Waals surface area contributed by atoms with E-state index in [-0.39, 0.29) is 0 Å². The third-order valence-electron chi connectivity index (χ3n) is 1.03. The fourth-order valence-electron chi connectivity index (χ4n) is 0.647. The molecule has 0 aliphatic heterocycles. The first-order chi connectivity index (χ1) is 9.38. The summed E-state index contributed by atoms with van der Waals surface area (Å²) < 4.78 is 144. The van der Waals surface area contributed by atoms with E-state index in [4.69, 9.17) is 0 Å². The molecule has 0 bridgehead atoms. The molecule has 132 valence electrons. The predicted molar refractivity (Wildman–Crippen MR) is 62.2 cm³/mol. The second-order valence-corrected chi connectivity index (χ2v) is 7.69. The standard InChI is InChI=1S/C4BF12NS4/c6-1(7,8)19-5(20-2(9,10)11)18(21-3(12,13)14)22-4(15,16)17. The van der Waals surface area contributed by atoms with Gasteiger partial charge in [-0.1, -0.05) is 23.2 Å². The minimum atomic E-state index is -5.52. The number of alkyl halides is 12. The van der Waals surface area contributed by atoms with Crippen LogP contribution in [0.2, 0.25) is 0 Å². The van der Waals surface area contributed by atoms with Gasteiger partial charge >= 0.3 is 27.4 Å². The molecular weight excluding hydrogens is 429 g/mol. The van der Waals surface area contributed by atoms with E-state index >= 15 is 0 Å². The lowest BCUT2D eigenvalue weighted by Gasteiger charge is -2.27. The molecule has 0 aromatic carbocycles. The average Bonchev–Trinajstić information content (AvgIpc) is 2.05. The second kappa shape index (κ2) is 7.65. The molecule has 0 saturated heterocycles. The van der Waals surface area contributed by atoms with Gasteiger partial charge in [0.05, 0.1) is 0 Å². The van der Waals surface area contributed by atoms with Crippen LogP contribution >= 0.6 is 47.1 Å². The van der Waals surface area contributed by atoms with E-state index in [0.29, 0.717) is 0 Å². The number of hydrogen-bond acceptors (Lipinski definition) is 5. The monoisotopic (exact) mass is 429 g/mol. The Morgan fingerprint density at radius 1 is 0.500 bits per heavy atom. The van der Waals surface area contributed by atoms with E-state index in [1.807, 2.05) is 0 Å². The summed E-state index contributed by atoms with van der Waals surface area (Å²) in [4.78, 5) is 0. The summed E-state index contributed by atoms with van der Waals surface area (Å²) in [5, 5.41) is -3.27. The molecule has 0 spiro atoms. The Balaban J connectivity index is 5.40. The molecule has 0 N–H and O–H groups in total. The van der Waals surface area contributed by atoms with Gasteiger partial charge in [-0.15, -0.1) is 0 Å². The summed E-state index contributed by atoms with van der Waals surface area (Å²) in [6.07, 6.45) is 0. The molecule has 0 atom stereocenters. The lowest BCUT2D eigenvalue weighted by molar-refractivity contribution is -0.0382. The van der Waals surface area contributed by atoms with E-state index in [2.05, 4.69) is 0 Å². The minimum absolute atomic E-state index is 1.14. The SMILES string of the molecule is FC(F)(F)SB(SC(F)(F)F)N(SC(F)(F)F)SC(F)(F)F. The van der Waals surface area contributed by atoms with Crippen molar-refractivity contribution in [2.75, 3.05) is 0 Å². The van der Waals surface area contributed by atoms with Crippen molar-refractivity contribution in [2.45, 2.75) is 22.0 Å². The van der Waals surface area contributed by atoms with Crippen molar-refractivity contribution in [3.8, 4) is 0 Å². The Labute approximate surface area is 131 Å². The van der Waals surface area contributed by atoms with Gasteiger partial charge in [-0.3, -0.25) is 0 Å².